The number of nitrogens with one attached hydrogen (secondary N) is 1. The first kappa shape index (κ1) is 22.0. The van der Waals surface area contributed by atoms with E-state index in [-0.39, 0.29) is 6.04 Å². The lowest BCUT2D eigenvalue weighted by Crippen LogP contribution is -2.42. The average molecular weight is 363 g/mol. The van der Waals surface area contributed by atoms with Crippen LogP contribution in [0.3, 0.4) is 0 Å². The van der Waals surface area contributed by atoms with E-state index in [1.165, 1.54) is 0 Å². The summed E-state index contributed by atoms with van der Waals surface area (Å²) < 4.78 is 4.54. The molecular formula is C20H34N4O2. The molecule has 2 rings (SSSR count). The molecule has 1 fully saturated rings. The van der Waals surface area contributed by atoms with Gasteiger partial charge in [0.2, 0.25) is 0 Å². The number of nitrogens with two attached hydrogens (primary N) is 2. The first-order valence-electron chi connectivity index (χ1n) is 9.19. The largest absolute Gasteiger partial charge is 0.463 e. The van der Waals surface area contributed by atoms with Crippen LogP contribution in [0.2, 0.25) is 0 Å². The standard InChI is InChI=1S/C12H26N4.C8H8O2/c1-9(2)11(13)8-12(14)15-10-4-6-16(3)7-5-10;9-7-10-6-8-4-2-1-3-5-8/h8-11,15H,4-7,13-14H2,1-3H3;1-5,7H,6H2/b12-8-;. The van der Waals surface area contributed by atoms with E-state index in [1.54, 1.807) is 0 Å². The molecule has 0 bridgehead atoms. The Hall–Kier alpha value is -2.05. The van der Waals surface area contributed by atoms with Crippen LogP contribution >= 0.6 is 0 Å². The molecule has 1 atom stereocenters. The summed E-state index contributed by atoms with van der Waals surface area (Å²) in [5, 5.41) is 3.36. The van der Waals surface area contributed by atoms with Crippen LogP contribution in [0.4, 0.5) is 0 Å². The Balaban J connectivity index is 0.000000289. The number of likely N-dealkylation sites (tertiary alicyclic amines) is 1. The molecule has 0 radical (unpaired) electrons. The van der Waals surface area contributed by atoms with Crippen LogP contribution in [-0.4, -0.2) is 43.6 Å². The predicted octanol–water partition coefficient (Wildman–Crippen LogP) is 1.81. The van der Waals surface area contributed by atoms with Gasteiger partial charge in [0.15, 0.2) is 0 Å². The average Bonchev–Trinajstić information content (AvgIpc) is 2.63. The fraction of sp³-hybridized carbons (Fsp3) is 0.550. The Bertz CT molecular complexity index is 526. The zero-order valence-corrected chi connectivity index (χ0v) is 16.2. The Morgan fingerprint density at radius 3 is 2.46 bits per heavy atom. The van der Waals surface area contributed by atoms with E-state index in [9.17, 15) is 4.79 Å². The smallest absolute Gasteiger partial charge is 0.293 e. The third kappa shape index (κ3) is 9.44. The third-order valence-corrected chi connectivity index (χ3v) is 4.39. The fourth-order valence-electron chi connectivity index (χ4n) is 2.54. The van der Waals surface area contributed by atoms with Crippen LogP contribution in [0.15, 0.2) is 42.2 Å². The Morgan fingerprint density at radius 1 is 1.31 bits per heavy atom. The summed E-state index contributed by atoms with van der Waals surface area (Å²) >= 11 is 0. The van der Waals surface area contributed by atoms with Crippen molar-refractivity contribution in [2.24, 2.45) is 17.4 Å². The summed E-state index contributed by atoms with van der Waals surface area (Å²) in [6, 6.07) is 10.1. The lowest BCUT2D eigenvalue weighted by molar-refractivity contribution is -0.129. The van der Waals surface area contributed by atoms with Crippen molar-refractivity contribution < 1.29 is 9.53 Å². The zero-order chi connectivity index (χ0) is 19.4. The molecule has 1 aromatic rings. The van der Waals surface area contributed by atoms with Gasteiger partial charge in [0.05, 0.1) is 5.82 Å². The van der Waals surface area contributed by atoms with E-state index in [2.05, 4.69) is 35.8 Å². The number of hydrogen-bond acceptors (Lipinski definition) is 6. The normalized spacial score (nSPS) is 17.2. The van der Waals surface area contributed by atoms with Gasteiger partial charge in [-0.05, 0) is 50.5 Å². The van der Waals surface area contributed by atoms with Crippen LogP contribution < -0.4 is 16.8 Å². The molecule has 0 spiro atoms. The monoisotopic (exact) mass is 362 g/mol. The molecule has 6 heteroatoms. The van der Waals surface area contributed by atoms with E-state index in [0.29, 0.717) is 25.0 Å². The van der Waals surface area contributed by atoms with Gasteiger partial charge in [-0.1, -0.05) is 44.2 Å². The number of piperidine rings is 1. The molecule has 0 saturated carbocycles. The SMILES string of the molecule is CC(C)C(N)/C=C(/N)NC1CCN(C)CC1.O=COCc1ccccc1. The van der Waals surface area contributed by atoms with Gasteiger partial charge in [-0.15, -0.1) is 0 Å². The van der Waals surface area contributed by atoms with E-state index < -0.39 is 0 Å². The van der Waals surface area contributed by atoms with Crippen molar-refractivity contribution >= 4 is 6.47 Å². The van der Waals surface area contributed by atoms with Crippen LogP contribution in [0.5, 0.6) is 0 Å². The number of hydrogen-bond donors (Lipinski definition) is 3. The molecule has 1 aliphatic heterocycles. The second kappa shape index (κ2) is 12.3. The topological polar surface area (TPSA) is 93.6 Å². The Labute approximate surface area is 157 Å². The maximum atomic E-state index is 9.76. The molecule has 1 unspecified atom stereocenters. The van der Waals surface area contributed by atoms with Crippen molar-refractivity contribution in [1.82, 2.24) is 10.2 Å². The molecule has 0 amide bonds. The highest BCUT2D eigenvalue weighted by molar-refractivity contribution is 5.37. The maximum Gasteiger partial charge on any atom is 0.293 e. The van der Waals surface area contributed by atoms with Gasteiger partial charge >= 0.3 is 0 Å². The van der Waals surface area contributed by atoms with Gasteiger partial charge in [0.1, 0.15) is 6.61 Å². The van der Waals surface area contributed by atoms with E-state index in [0.717, 1.165) is 37.3 Å². The minimum Gasteiger partial charge on any atom is -0.463 e. The van der Waals surface area contributed by atoms with Crippen molar-refractivity contribution in [3.63, 3.8) is 0 Å². The van der Waals surface area contributed by atoms with Crippen molar-refractivity contribution in [2.45, 2.75) is 45.4 Å². The van der Waals surface area contributed by atoms with Gasteiger partial charge in [0.25, 0.3) is 6.47 Å². The lowest BCUT2D eigenvalue weighted by atomic mass is 10.0. The number of rotatable bonds is 7. The predicted molar refractivity (Wildman–Crippen MR) is 106 cm³/mol. The number of carbonyl (C=O) groups excluding carboxylic acids is 1. The molecule has 1 aliphatic rings. The van der Waals surface area contributed by atoms with E-state index in [4.69, 9.17) is 11.5 Å². The maximum absolute atomic E-state index is 9.76. The second-order valence-corrected chi connectivity index (χ2v) is 7.06. The second-order valence-electron chi connectivity index (χ2n) is 7.06. The molecule has 0 aromatic heterocycles. The minimum atomic E-state index is 0.0405. The Kier molecular flexibility index (Phi) is 10.4. The van der Waals surface area contributed by atoms with Crippen molar-refractivity contribution in [2.75, 3.05) is 20.1 Å². The van der Waals surface area contributed by atoms with E-state index in [1.807, 2.05) is 36.4 Å². The summed E-state index contributed by atoms with van der Waals surface area (Å²) in [6.07, 6.45) is 4.24. The fourth-order valence-corrected chi connectivity index (χ4v) is 2.54. The van der Waals surface area contributed by atoms with Crippen molar-refractivity contribution in [3.8, 4) is 0 Å². The number of benzene rings is 1. The Morgan fingerprint density at radius 2 is 1.92 bits per heavy atom. The van der Waals surface area contributed by atoms with Crippen molar-refractivity contribution in [3.05, 3.63) is 47.8 Å². The highest BCUT2D eigenvalue weighted by Gasteiger charge is 2.16. The van der Waals surface area contributed by atoms with Crippen molar-refractivity contribution in [1.29, 1.82) is 0 Å². The summed E-state index contributed by atoms with van der Waals surface area (Å²) in [5.74, 6) is 1.16. The highest BCUT2D eigenvalue weighted by Crippen LogP contribution is 2.09. The number of ether oxygens (including phenoxy) is 1. The first-order valence-corrected chi connectivity index (χ1v) is 9.19. The summed E-state index contributed by atoms with van der Waals surface area (Å²) in [6.45, 7) is 7.30. The molecule has 146 valence electrons. The molecule has 1 saturated heterocycles. The molecule has 26 heavy (non-hydrogen) atoms. The van der Waals surface area contributed by atoms with Crippen LogP contribution in [0.25, 0.3) is 0 Å². The summed E-state index contributed by atoms with van der Waals surface area (Å²) in [7, 11) is 2.16. The third-order valence-electron chi connectivity index (χ3n) is 4.39. The molecule has 5 N–H and O–H groups in total. The van der Waals surface area contributed by atoms with Crippen LogP contribution in [-0.2, 0) is 16.1 Å². The minimum absolute atomic E-state index is 0.0405. The lowest BCUT2D eigenvalue weighted by Gasteiger charge is -2.30. The summed E-state index contributed by atoms with van der Waals surface area (Å²) in [4.78, 5) is 12.1. The first-order chi connectivity index (χ1) is 12.4. The zero-order valence-electron chi connectivity index (χ0n) is 16.2. The molecule has 1 heterocycles. The summed E-state index contributed by atoms with van der Waals surface area (Å²) in [5.41, 5.74) is 12.9. The number of nitrogens with zero attached hydrogens (tertiary/aromatic N) is 1. The van der Waals surface area contributed by atoms with Gasteiger partial charge in [-0.3, -0.25) is 4.79 Å². The van der Waals surface area contributed by atoms with Gasteiger partial charge in [-0.2, -0.15) is 0 Å². The van der Waals surface area contributed by atoms with Gasteiger partial charge in [0, 0.05) is 12.1 Å². The highest BCUT2D eigenvalue weighted by atomic mass is 16.5. The molecular weight excluding hydrogens is 328 g/mol. The van der Waals surface area contributed by atoms with Crippen LogP contribution in [0, 0.1) is 5.92 Å². The van der Waals surface area contributed by atoms with Gasteiger partial charge in [-0.25, -0.2) is 0 Å². The van der Waals surface area contributed by atoms with Gasteiger partial charge < -0.3 is 26.4 Å². The molecule has 6 nitrogen and oxygen atoms in total. The number of carbonyl (C=O) groups is 1. The molecule has 0 aliphatic carbocycles. The molecule has 1 aromatic carbocycles. The quantitative estimate of drug-likeness (QED) is 0.641. The van der Waals surface area contributed by atoms with E-state index >= 15 is 0 Å². The van der Waals surface area contributed by atoms with Crippen LogP contribution in [0.1, 0.15) is 32.3 Å².